The fourth-order valence-electron chi connectivity index (χ4n) is 3.48. The average molecular weight is 365 g/mol. The molecule has 1 N–H and O–H groups in total. The van der Waals surface area contributed by atoms with Crippen molar-refractivity contribution in [1.29, 1.82) is 0 Å². The highest BCUT2D eigenvalue weighted by atomic mass is 16.5. The first-order valence-electron chi connectivity index (χ1n) is 9.46. The predicted molar refractivity (Wildman–Crippen MR) is 100 cm³/mol. The van der Waals surface area contributed by atoms with Crippen LogP contribution in [0.4, 0.5) is 0 Å². The Morgan fingerprint density at radius 1 is 1.19 bits per heavy atom. The maximum atomic E-state index is 13.3. The minimum absolute atomic E-state index is 0.0390. The molecule has 1 saturated heterocycles. The molecular weight excluding hydrogens is 342 g/mol. The number of nitrogens with zero attached hydrogens (tertiary/aromatic N) is 2. The zero-order valence-electron chi connectivity index (χ0n) is 15.1. The minimum atomic E-state index is -0.287. The number of amides is 2. The van der Waals surface area contributed by atoms with Crippen LogP contribution in [0.15, 0.2) is 48.7 Å². The SMILES string of the molecule is O=C1C[C@H](c2ccccc2)N(C(=O)c2ccnc(OC3CCC3)c2)CCN1. The highest BCUT2D eigenvalue weighted by molar-refractivity contribution is 5.95. The molecule has 1 aromatic heterocycles. The Balaban J connectivity index is 1.59. The first-order chi connectivity index (χ1) is 13.2. The maximum absolute atomic E-state index is 13.3. The summed E-state index contributed by atoms with van der Waals surface area (Å²) in [4.78, 5) is 31.4. The van der Waals surface area contributed by atoms with Crippen LogP contribution in [0.25, 0.3) is 0 Å². The van der Waals surface area contributed by atoms with Crippen LogP contribution in [0.3, 0.4) is 0 Å². The number of rotatable bonds is 4. The van der Waals surface area contributed by atoms with Crippen molar-refractivity contribution >= 4 is 11.8 Å². The first-order valence-corrected chi connectivity index (χ1v) is 9.46. The zero-order valence-corrected chi connectivity index (χ0v) is 15.1. The molecule has 2 amide bonds. The van der Waals surface area contributed by atoms with Crippen molar-refractivity contribution in [3.63, 3.8) is 0 Å². The van der Waals surface area contributed by atoms with Gasteiger partial charge in [-0.1, -0.05) is 30.3 Å². The summed E-state index contributed by atoms with van der Waals surface area (Å²) >= 11 is 0. The Kier molecular flexibility index (Phi) is 5.05. The second kappa shape index (κ2) is 7.78. The lowest BCUT2D eigenvalue weighted by Crippen LogP contribution is -2.36. The van der Waals surface area contributed by atoms with Crippen LogP contribution in [0.1, 0.15) is 47.6 Å². The van der Waals surface area contributed by atoms with Crippen LogP contribution >= 0.6 is 0 Å². The van der Waals surface area contributed by atoms with E-state index in [1.165, 1.54) is 6.42 Å². The van der Waals surface area contributed by atoms with Crippen molar-refractivity contribution in [3.8, 4) is 5.88 Å². The number of aromatic nitrogens is 1. The number of hydrogen-bond acceptors (Lipinski definition) is 4. The quantitative estimate of drug-likeness (QED) is 0.904. The Labute approximate surface area is 158 Å². The third kappa shape index (κ3) is 3.94. The molecule has 0 radical (unpaired) electrons. The Bertz CT molecular complexity index is 820. The summed E-state index contributed by atoms with van der Waals surface area (Å²) in [6.07, 6.45) is 5.33. The third-order valence-electron chi connectivity index (χ3n) is 5.20. The van der Waals surface area contributed by atoms with E-state index in [-0.39, 0.29) is 30.4 Å². The molecule has 1 aromatic carbocycles. The standard InChI is InChI=1S/C21H23N3O3/c25-19-14-18(15-5-2-1-3-6-15)24(12-11-22-19)21(26)16-9-10-23-20(13-16)27-17-7-4-8-17/h1-3,5-6,9-10,13,17-18H,4,7-8,11-12,14H2,(H,22,25)/t18-/m1/s1. The second-order valence-corrected chi connectivity index (χ2v) is 7.03. The fraction of sp³-hybridized carbons (Fsp3) is 0.381. The maximum Gasteiger partial charge on any atom is 0.254 e. The van der Waals surface area contributed by atoms with E-state index in [9.17, 15) is 9.59 Å². The van der Waals surface area contributed by atoms with Gasteiger partial charge >= 0.3 is 0 Å². The van der Waals surface area contributed by atoms with E-state index >= 15 is 0 Å². The van der Waals surface area contributed by atoms with Gasteiger partial charge in [0, 0.05) is 30.9 Å². The summed E-state index contributed by atoms with van der Waals surface area (Å²) in [7, 11) is 0. The molecule has 6 heteroatoms. The van der Waals surface area contributed by atoms with Crippen LogP contribution < -0.4 is 10.1 Å². The van der Waals surface area contributed by atoms with Gasteiger partial charge in [-0.2, -0.15) is 0 Å². The van der Waals surface area contributed by atoms with Crippen molar-refractivity contribution in [3.05, 3.63) is 59.8 Å². The molecule has 1 aliphatic carbocycles. The molecule has 2 heterocycles. The number of pyridine rings is 1. The molecule has 140 valence electrons. The highest BCUT2D eigenvalue weighted by Crippen LogP contribution is 2.28. The monoisotopic (exact) mass is 365 g/mol. The number of benzene rings is 1. The normalized spacial score (nSPS) is 20.4. The second-order valence-electron chi connectivity index (χ2n) is 7.03. The summed E-state index contributed by atoms with van der Waals surface area (Å²) in [5, 5.41) is 2.86. The molecule has 1 saturated carbocycles. The molecule has 2 aliphatic rings. The Morgan fingerprint density at radius 2 is 2.00 bits per heavy atom. The van der Waals surface area contributed by atoms with Crippen LogP contribution in [-0.4, -0.2) is 40.9 Å². The van der Waals surface area contributed by atoms with E-state index in [0.717, 1.165) is 18.4 Å². The number of carbonyl (C=O) groups excluding carboxylic acids is 2. The van der Waals surface area contributed by atoms with E-state index in [1.807, 2.05) is 30.3 Å². The van der Waals surface area contributed by atoms with Crippen molar-refractivity contribution in [2.75, 3.05) is 13.1 Å². The van der Waals surface area contributed by atoms with Gasteiger partial charge in [0.05, 0.1) is 12.5 Å². The van der Waals surface area contributed by atoms with Crippen LogP contribution in [0.2, 0.25) is 0 Å². The summed E-state index contributed by atoms with van der Waals surface area (Å²) < 4.78 is 5.83. The lowest BCUT2D eigenvalue weighted by atomic mass is 9.96. The lowest BCUT2D eigenvalue weighted by Gasteiger charge is -2.30. The molecule has 0 bridgehead atoms. The average Bonchev–Trinajstić information content (AvgIpc) is 2.87. The molecular formula is C21H23N3O3. The largest absolute Gasteiger partial charge is 0.474 e. The van der Waals surface area contributed by atoms with Crippen molar-refractivity contribution < 1.29 is 14.3 Å². The molecule has 2 aromatic rings. The van der Waals surface area contributed by atoms with Gasteiger partial charge in [0.1, 0.15) is 6.10 Å². The summed E-state index contributed by atoms with van der Waals surface area (Å²) in [5.41, 5.74) is 1.50. The number of nitrogens with one attached hydrogen (secondary N) is 1. The first kappa shape index (κ1) is 17.5. The van der Waals surface area contributed by atoms with Gasteiger partial charge in [0.25, 0.3) is 5.91 Å². The highest BCUT2D eigenvalue weighted by Gasteiger charge is 2.30. The molecule has 4 rings (SSSR count). The van der Waals surface area contributed by atoms with Crippen molar-refractivity contribution in [1.82, 2.24) is 15.2 Å². The van der Waals surface area contributed by atoms with E-state index in [0.29, 0.717) is 24.5 Å². The van der Waals surface area contributed by atoms with Gasteiger partial charge in [-0.25, -0.2) is 4.98 Å². The van der Waals surface area contributed by atoms with Crippen molar-refractivity contribution in [2.24, 2.45) is 0 Å². The molecule has 1 aliphatic heterocycles. The number of hydrogen-bond donors (Lipinski definition) is 1. The topological polar surface area (TPSA) is 71.5 Å². The van der Waals surface area contributed by atoms with Crippen molar-refractivity contribution in [2.45, 2.75) is 37.8 Å². The van der Waals surface area contributed by atoms with Gasteiger partial charge in [-0.3, -0.25) is 9.59 Å². The Hall–Kier alpha value is -2.89. The van der Waals surface area contributed by atoms with E-state index < -0.39 is 0 Å². The summed E-state index contributed by atoms with van der Waals surface area (Å²) in [6, 6.07) is 12.8. The summed E-state index contributed by atoms with van der Waals surface area (Å²) in [5.74, 6) is 0.343. The van der Waals surface area contributed by atoms with Gasteiger partial charge in [-0.05, 0) is 30.9 Å². The van der Waals surface area contributed by atoms with Crippen LogP contribution in [0, 0.1) is 0 Å². The lowest BCUT2D eigenvalue weighted by molar-refractivity contribution is -0.121. The fourth-order valence-corrected chi connectivity index (χ4v) is 3.48. The van der Waals surface area contributed by atoms with E-state index in [2.05, 4.69) is 10.3 Å². The Morgan fingerprint density at radius 3 is 2.74 bits per heavy atom. The zero-order chi connectivity index (χ0) is 18.6. The van der Waals surface area contributed by atoms with E-state index in [1.54, 1.807) is 23.2 Å². The molecule has 27 heavy (non-hydrogen) atoms. The molecule has 6 nitrogen and oxygen atoms in total. The molecule has 0 unspecified atom stereocenters. The summed E-state index contributed by atoms with van der Waals surface area (Å²) in [6.45, 7) is 0.912. The minimum Gasteiger partial charge on any atom is -0.474 e. The van der Waals surface area contributed by atoms with Gasteiger partial charge in [0.15, 0.2) is 0 Å². The molecule has 0 spiro atoms. The smallest absolute Gasteiger partial charge is 0.254 e. The third-order valence-corrected chi connectivity index (χ3v) is 5.20. The van der Waals surface area contributed by atoms with Crippen LogP contribution in [0.5, 0.6) is 5.88 Å². The van der Waals surface area contributed by atoms with Gasteiger partial charge < -0.3 is 15.0 Å². The number of carbonyl (C=O) groups is 2. The molecule has 1 atom stereocenters. The predicted octanol–water partition coefficient (Wildman–Crippen LogP) is 2.72. The van der Waals surface area contributed by atoms with Gasteiger partial charge in [-0.15, -0.1) is 0 Å². The molecule has 2 fully saturated rings. The number of ether oxygens (including phenoxy) is 1. The van der Waals surface area contributed by atoms with Gasteiger partial charge in [0.2, 0.25) is 11.8 Å². The van der Waals surface area contributed by atoms with Crippen LogP contribution in [-0.2, 0) is 4.79 Å². The van der Waals surface area contributed by atoms with E-state index in [4.69, 9.17) is 4.74 Å².